The van der Waals surface area contributed by atoms with Gasteiger partial charge in [-0.2, -0.15) is 4.39 Å². The second kappa shape index (κ2) is 7.68. The Balaban J connectivity index is 1.54. The third kappa shape index (κ3) is 3.70. The highest BCUT2D eigenvalue weighted by Gasteiger charge is 2.50. The van der Waals surface area contributed by atoms with E-state index in [1.54, 1.807) is 6.07 Å². The first kappa shape index (κ1) is 19.7. The van der Waals surface area contributed by atoms with Gasteiger partial charge in [-0.1, -0.05) is 13.0 Å². The summed E-state index contributed by atoms with van der Waals surface area (Å²) in [5.41, 5.74) is -0.198. The van der Waals surface area contributed by atoms with Crippen LogP contribution in [-0.4, -0.2) is 52.2 Å². The predicted octanol–water partition coefficient (Wildman–Crippen LogP) is 2.60. The predicted molar refractivity (Wildman–Crippen MR) is 105 cm³/mol. The molecule has 0 radical (unpaired) electrons. The molecule has 1 atom stereocenters. The van der Waals surface area contributed by atoms with Gasteiger partial charge in [-0.3, -0.25) is 4.79 Å². The summed E-state index contributed by atoms with van der Waals surface area (Å²) >= 11 is 0. The van der Waals surface area contributed by atoms with Crippen molar-refractivity contribution in [2.24, 2.45) is 0 Å². The topological polar surface area (TPSA) is 77.5 Å². The fraction of sp³-hybridized carbons (Fsp3) is 0.429. The summed E-state index contributed by atoms with van der Waals surface area (Å²) in [7, 11) is 0. The number of halogens is 2. The van der Waals surface area contributed by atoms with Crippen LogP contribution in [0, 0.1) is 11.8 Å². The van der Waals surface area contributed by atoms with E-state index in [1.165, 1.54) is 29.3 Å². The number of aromatic nitrogens is 1. The van der Waals surface area contributed by atoms with Gasteiger partial charge in [-0.05, 0) is 49.6 Å². The van der Waals surface area contributed by atoms with Crippen LogP contribution in [0.4, 0.5) is 20.2 Å². The number of nitrogens with one attached hydrogen (secondary N) is 2. The van der Waals surface area contributed by atoms with Crippen LogP contribution in [0.3, 0.4) is 0 Å². The van der Waals surface area contributed by atoms with Crippen molar-refractivity contribution in [3.8, 4) is 0 Å². The molecular weight excluding hydrogens is 378 g/mol. The van der Waals surface area contributed by atoms with Crippen LogP contribution in [0.2, 0.25) is 0 Å². The fourth-order valence-corrected chi connectivity index (χ4v) is 4.04. The van der Waals surface area contributed by atoms with Crippen LogP contribution in [0.15, 0.2) is 30.5 Å². The van der Waals surface area contributed by atoms with Gasteiger partial charge in [0.1, 0.15) is 17.1 Å². The molecule has 2 fully saturated rings. The summed E-state index contributed by atoms with van der Waals surface area (Å²) in [6.45, 7) is 3.11. The van der Waals surface area contributed by atoms with Crippen molar-refractivity contribution in [3.05, 3.63) is 53.4 Å². The first-order valence-corrected chi connectivity index (χ1v) is 9.86. The lowest BCUT2D eigenvalue weighted by molar-refractivity contribution is -0.100. The zero-order valence-corrected chi connectivity index (χ0v) is 16.2. The highest BCUT2D eigenvalue weighted by Crippen LogP contribution is 2.33. The molecule has 4 rings (SSSR count). The van der Waals surface area contributed by atoms with Gasteiger partial charge in [0.25, 0.3) is 5.91 Å². The molecule has 1 aromatic heterocycles. The van der Waals surface area contributed by atoms with Crippen LogP contribution in [0.1, 0.15) is 35.7 Å². The molecule has 3 N–H and O–H groups in total. The van der Waals surface area contributed by atoms with Gasteiger partial charge in [-0.25, -0.2) is 9.37 Å². The molecule has 6 nitrogen and oxygen atoms in total. The Bertz CT molecular complexity index is 925. The summed E-state index contributed by atoms with van der Waals surface area (Å²) in [5, 5.41) is 16.7. The molecule has 0 bridgehead atoms. The Morgan fingerprint density at radius 1 is 1.38 bits per heavy atom. The molecule has 29 heavy (non-hydrogen) atoms. The van der Waals surface area contributed by atoms with Crippen molar-refractivity contribution in [2.45, 2.75) is 37.8 Å². The van der Waals surface area contributed by atoms with E-state index in [2.05, 4.69) is 15.6 Å². The van der Waals surface area contributed by atoms with E-state index in [9.17, 15) is 18.7 Å². The fourth-order valence-electron chi connectivity index (χ4n) is 4.04. The van der Waals surface area contributed by atoms with Crippen LogP contribution in [0.25, 0.3) is 0 Å². The van der Waals surface area contributed by atoms with Crippen LogP contribution >= 0.6 is 0 Å². The van der Waals surface area contributed by atoms with Gasteiger partial charge in [0.05, 0.1) is 24.3 Å². The quantitative estimate of drug-likeness (QED) is 0.671. The molecule has 154 valence electrons. The van der Waals surface area contributed by atoms with E-state index < -0.39 is 23.3 Å². The summed E-state index contributed by atoms with van der Waals surface area (Å²) in [5.74, 6) is -1.85. The lowest BCUT2D eigenvalue weighted by Crippen LogP contribution is -2.70. The number of anilines is 2. The number of aliphatic hydroxyl groups is 1. The maximum atomic E-state index is 14.4. The minimum atomic E-state index is -0.965. The number of benzene rings is 1. The van der Waals surface area contributed by atoms with E-state index in [-0.39, 0.29) is 36.1 Å². The van der Waals surface area contributed by atoms with Crippen molar-refractivity contribution >= 4 is 17.3 Å². The summed E-state index contributed by atoms with van der Waals surface area (Å²) < 4.78 is 28.8. The number of rotatable bonds is 5. The Labute approximate surface area is 167 Å². The number of carbonyl (C=O) groups excluding carboxylic acids is 1. The van der Waals surface area contributed by atoms with E-state index in [1.807, 2.05) is 6.92 Å². The van der Waals surface area contributed by atoms with E-state index >= 15 is 0 Å². The Kier molecular flexibility index (Phi) is 5.23. The number of amides is 1. The minimum Gasteiger partial charge on any atom is -0.385 e. The number of hydrogen-bond donors (Lipinski definition) is 3. The normalized spacial score (nSPS) is 20.4. The van der Waals surface area contributed by atoms with Gasteiger partial charge in [0.2, 0.25) is 5.95 Å². The monoisotopic (exact) mass is 402 g/mol. The van der Waals surface area contributed by atoms with Gasteiger partial charge >= 0.3 is 0 Å². The third-order valence-electron chi connectivity index (χ3n) is 5.76. The second-order valence-electron chi connectivity index (χ2n) is 7.73. The Hall–Kier alpha value is -2.58. The third-order valence-corrected chi connectivity index (χ3v) is 5.76. The molecule has 3 heterocycles. The summed E-state index contributed by atoms with van der Waals surface area (Å²) in [4.78, 5) is 18.0. The molecule has 2 aliphatic heterocycles. The molecule has 2 aromatic rings. The second-order valence-corrected chi connectivity index (χ2v) is 7.73. The molecular formula is C21H24F2N4O2. The van der Waals surface area contributed by atoms with Gasteiger partial charge in [0, 0.05) is 12.2 Å². The van der Waals surface area contributed by atoms with Crippen molar-refractivity contribution in [3.63, 3.8) is 0 Å². The maximum absolute atomic E-state index is 14.4. The zero-order valence-electron chi connectivity index (χ0n) is 16.2. The van der Waals surface area contributed by atoms with E-state index in [0.717, 1.165) is 24.9 Å². The van der Waals surface area contributed by atoms with Crippen molar-refractivity contribution in [1.82, 2.24) is 15.2 Å². The number of aryl methyl sites for hydroxylation is 1. The average molecular weight is 402 g/mol. The molecule has 0 saturated carbocycles. The Morgan fingerprint density at radius 2 is 2.17 bits per heavy atom. The standard InChI is InChI=1S/C21H24F2N4O2/c1-2-13-5-6-16(15(22)10-13)26-18-14(7-9-25-19(18)23)20(28)27-11-21(29,12-27)17-4-3-8-24-17/h5-7,9-10,17,24,26,29H,2-4,8,11-12H2,1H3. The number of β-amino-alcohol motifs (C(OH)–C–C–N with tert-alkyl or cyclic N) is 1. The summed E-state index contributed by atoms with van der Waals surface area (Å²) in [6, 6.07) is 6.00. The molecule has 0 aliphatic carbocycles. The molecule has 8 heteroatoms. The maximum Gasteiger partial charge on any atom is 0.256 e. The number of hydrogen-bond acceptors (Lipinski definition) is 5. The van der Waals surface area contributed by atoms with Crippen molar-refractivity contribution < 1.29 is 18.7 Å². The molecule has 1 amide bonds. The first-order chi connectivity index (χ1) is 13.9. The van der Waals surface area contributed by atoms with Crippen LogP contribution in [-0.2, 0) is 6.42 Å². The van der Waals surface area contributed by atoms with Crippen LogP contribution in [0.5, 0.6) is 0 Å². The van der Waals surface area contributed by atoms with E-state index in [4.69, 9.17) is 0 Å². The van der Waals surface area contributed by atoms with Gasteiger partial charge in [0.15, 0.2) is 0 Å². The van der Waals surface area contributed by atoms with Crippen LogP contribution < -0.4 is 10.6 Å². The lowest BCUT2D eigenvalue weighted by atomic mass is 9.84. The molecule has 0 spiro atoms. The van der Waals surface area contributed by atoms with Crippen molar-refractivity contribution in [1.29, 1.82) is 0 Å². The highest BCUT2D eigenvalue weighted by atomic mass is 19.1. The Morgan fingerprint density at radius 3 is 2.83 bits per heavy atom. The average Bonchev–Trinajstić information content (AvgIpc) is 3.23. The van der Waals surface area contributed by atoms with Gasteiger partial charge in [-0.15, -0.1) is 0 Å². The number of nitrogens with zero attached hydrogens (tertiary/aromatic N) is 2. The minimum absolute atomic E-state index is 0.0375. The van der Waals surface area contributed by atoms with E-state index in [0.29, 0.717) is 6.42 Å². The SMILES string of the molecule is CCc1ccc(Nc2c(C(=O)N3CC(O)(C4CCCN4)C3)ccnc2F)c(F)c1. The zero-order chi connectivity index (χ0) is 20.6. The number of carbonyl (C=O) groups is 1. The first-order valence-electron chi connectivity index (χ1n) is 9.86. The number of likely N-dealkylation sites (tertiary alicyclic amines) is 1. The smallest absolute Gasteiger partial charge is 0.256 e. The van der Waals surface area contributed by atoms with Crippen molar-refractivity contribution in [2.75, 3.05) is 25.0 Å². The molecule has 1 unspecified atom stereocenters. The molecule has 1 aromatic carbocycles. The number of pyridine rings is 1. The lowest BCUT2D eigenvalue weighted by Gasteiger charge is -2.49. The largest absolute Gasteiger partial charge is 0.385 e. The molecule has 2 aliphatic rings. The highest BCUT2D eigenvalue weighted by molar-refractivity contribution is 6.00. The molecule has 2 saturated heterocycles. The van der Waals surface area contributed by atoms with Gasteiger partial charge < -0.3 is 20.6 Å². The summed E-state index contributed by atoms with van der Waals surface area (Å²) in [6.07, 6.45) is 3.74.